The lowest BCUT2D eigenvalue weighted by Gasteiger charge is -2.05. The maximum absolute atomic E-state index is 11.7. The predicted molar refractivity (Wildman–Crippen MR) is 94.4 cm³/mol. The standard InChI is InChI=1S/C16H13Cl3N2O2/c17-11-4-6-12(7-5-11)21-16(22)8-9-20-23-10-13-14(18)2-1-3-15(13)19/h1-7,9H,8,10H2,(H,21,22)/b20-9-. The van der Waals surface area contributed by atoms with Crippen LogP contribution in [0.1, 0.15) is 12.0 Å². The summed E-state index contributed by atoms with van der Waals surface area (Å²) in [6, 6.07) is 12.0. The molecule has 7 heteroatoms. The molecule has 0 atom stereocenters. The number of rotatable bonds is 6. The van der Waals surface area contributed by atoms with E-state index in [0.29, 0.717) is 26.3 Å². The van der Waals surface area contributed by atoms with Crippen LogP contribution < -0.4 is 5.32 Å². The van der Waals surface area contributed by atoms with Crippen molar-refractivity contribution in [3.05, 3.63) is 63.1 Å². The van der Waals surface area contributed by atoms with Gasteiger partial charge < -0.3 is 10.2 Å². The van der Waals surface area contributed by atoms with Gasteiger partial charge in [-0.25, -0.2) is 0 Å². The number of carbonyl (C=O) groups is 1. The molecule has 120 valence electrons. The van der Waals surface area contributed by atoms with Crippen LogP contribution in [0.3, 0.4) is 0 Å². The smallest absolute Gasteiger partial charge is 0.229 e. The Kier molecular flexibility index (Phi) is 6.71. The van der Waals surface area contributed by atoms with Crippen molar-refractivity contribution < 1.29 is 9.63 Å². The number of anilines is 1. The van der Waals surface area contributed by atoms with E-state index in [1.165, 1.54) is 6.21 Å². The number of benzene rings is 2. The quantitative estimate of drug-likeness (QED) is 0.562. The lowest BCUT2D eigenvalue weighted by molar-refractivity contribution is -0.115. The second kappa shape index (κ2) is 8.77. The van der Waals surface area contributed by atoms with Gasteiger partial charge in [0.1, 0.15) is 6.61 Å². The molecule has 2 aromatic rings. The summed E-state index contributed by atoms with van der Waals surface area (Å²) in [7, 11) is 0. The third kappa shape index (κ3) is 5.75. The van der Waals surface area contributed by atoms with Crippen molar-refractivity contribution in [1.82, 2.24) is 0 Å². The molecule has 2 rings (SSSR count). The van der Waals surface area contributed by atoms with E-state index in [1.54, 1.807) is 42.5 Å². The maximum atomic E-state index is 11.7. The van der Waals surface area contributed by atoms with Gasteiger partial charge in [0.15, 0.2) is 0 Å². The minimum absolute atomic E-state index is 0.0822. The van der Waals surface area contributed by atoms with Gasteiger partial charge in [0.2, 0.25) is 5.91 Å². The minimum atomic E-state index is -0.213. The molecule has 0 unspecified atom stereocenters. The highest BCUT2D eigenvalue weighted by atomic mass is 35.5. The Hall–Kier alpha value is -1.75. The van der Waals surface area contributed by atoms with Crippen LogP contribution in [0.5, 0.6) is 0 Å². The summed E-state index contributed by atoms with van der Waals surface area (Å²) in [5.41, 5.74) is 1.31. The molecule has 0 saturated carbocycles. The molecule has 0 aliphatic carbocycles. The molecular formula is C16H13Cl3N2O2. The van der Waals surface area contributed by atoms with E-state index in [9.17, 15) is 4.79 Å². The van der Waals surface area contributed by atoms with Crippen molar-refractivity contribution in [1.29, 1.82) is 0 Å². The Morgan fingerprint density at radius 2 is 1.74 bits per heavy atom. The maximum Gasteiger partial charge on any atom is 0.229 e. The molecule has 0 aliphatic rings. The summed E-state index contributed by atoms with van der Waals surface area (Å²) in [5, 5.41) is 8.05. The summed E-state index contributed by atoms with van der Waals surface area (Å²) in [4.78, 5) is 16.8. The van der Waals surface area contributed by atoms with E-state index in [0.717, 1.165) is 0 Å². The lowest BCUT2D eigenvalue weighted by Crippen LogP contribution is -2.11. The first-order valence-electron chi connectivity index (χ1n) is 6.68. The summed E-state index contributed by atoms with van der Waals surface area (Å²) >= 11 is 17.8. The fraction of sp³-hybridized carbons (Fsp3) is 0.125. The Bertz CT molecular complexity index is 683. The lowest BCUT2D eigenvalue weighted by atomic mass is 10.2. The Balaban J connectivity index is 1.76. The predicted octanol–water partition coefficient (Wildman–Crippen LogP) is 5.18. The highest BCUT2D eigenvalue weighted by Crippen LogP contribution is 2.24. The van der Waals surface area contributed by atoms with E-state index in [4.69, 9.17) is 39.6 Å². The number of oxime groups is 1. The normalized spacial score (nSPS) is 10.7. The van der Waals surface area contributed by atoms with Gasteiger partial charge in [-0.1, -0.05) is 46.0 Å². The molecule has 4 nitrogen and oxygen atoms in total. The number of halogens is 3. The van der Waals surface area contributed by atoms with Crippen LogP contribution in [0.4, 0.5) is 5.69 Å². The molecule has 0 aliphatic heterocycles. The fourth-order valence-electron chi connectivity index (χ4n) is 1.69. The molecule has 0 bridgehead atoms. The molecule has 2 aromatic carbocycles. The van der Waals surface area contributed by atoms with E-state index in [-0.39, 0.29) is 18.9 Å². The van der Waals surface area contributed by atoms with Crippen molar-refractivity contribution in [2.75, 3.05) is 5.32 Å². The van der Waals surface area contributed by atoms with Crippen molar-refractivity contribution in [3.63, 3.8) is 0 Å². The summed E-state index contributed by atoms with van der Waals surface area (Å²) in [5.74, 6) is -0.213. The molecule has 1 amide bonds. The third-order valence-corrected chi connectivity index (χ3v) is 3.78. The van der Waals surface area contributed by atoms with Gasteiger partial charge in [-0.05, 0) is 36.4 Å². The van der Waals surface area contributed by atoms with Gasteiger partial charge in [-0.2, -0.15) is 0 Å². The molecule has 0 heterocycles. The van der Waals surface area contributed by atoms with Gasteiger partial charge in [0.25, 0.3) is 0 Å². The number of amides is 1. The number of hydrogen-bond acceptors (Lipinski definition) is 3. The largest absolute Gasteiger partial charge is 0.391 e. The first-order chi connectivity index (χ1) is 11.1. The molecular weight excluding hydrogens is 359 g/mol. The van der Waals surface area contributed by atoms with Crippen molar-refractivity contribution in [3.8, 4) is 0 Å². The number of nitrogens with one attached hydrogen (secondary N) is 1. The summed E-state index contributed by atoms with van der Waals surface area (Å²) < 4.78 is 0. The average Bonchev–Trinajstić information content (AvgIpc) is 2.52. The van der Waals surface area contributed by atoms with Gasteiger partial charge in [-0.15, -0.1) is 0 Å². The van der Waals surface area contributed by atoms with Gasteiger partial charge in [-0.3, -0.25) is 4.79 Å². The number of nitrogens with zero attached hydrogens (tertiary/aromatic N) is 1. The zero-order valence-electron chi connectivity index (χ0n) is 11.9. The van der Waals surface area contributed by atoms with Crippen LogP contribution in [0.2, 0.25) is 15.1 Å². The topological polar surface area (TPSA) is 50.7 Å². The van der Waals surface area contributed by atoms with Crippen LogP contribution in [0.25, 0.3) is 0 Å². The van der Waals surface area contributed by atoms with E-state index >= 15 is 0 Å². The highest BCUT2D eigenvalue weighted by molar-refractivity contribution is 6.35. The van der Waals surface area contributed by atoms with Crippen LogP contribution in [0.15, 0.2) is 47.6 Å². The van der Waals surface area contributed by atoms with E-state index in [1.807, 2.05) is 0 Å². The second-order valence-electron chi connectivity index (χ2n) is 4.52. The Morgan fingerprint density at radius 3 is 2.39 bits per heavy atom. The first-order valence-corrected chi connectivity index (χ1v) is 7.82. The van der Waals surface area contributed by atoms with E-state index in [2.05, 4.69) is 10.5 Å². The van der Waals surface area contributed by atoms with Crippen LogP contribution in [-0.4, -0.2) is 12.1 Å². The highest BCUT2D eigenvalue weighted by Gasteiger charge is 2.05. The zero-order valence-corrected chi connectivity index (χ0v) is 14.2. The molecule has 0 saturated heterocycles. The SMILES string of the molecule is O=C(C/C=N\OCc1c(Cl)cccc1Cl)Nc1ccc(Cl)cc1. The molecule has 0 radical (unpaired) electrons. The summed E-state index contributed by atoms with van der Waals surface area (Å²) in [6.45, 7) is 0.133. The van der Waals surface area contributed by atoms with E-state index < -0.39 is 0 Å². The third-order valence-electron chi connectivity index (χ3n) is 2.82. The number of carbonyl (C=O) groups excluding carboxylic acids is 1. The van der Waals surface area contributed by atoms with Crippen molar-refractivity contribution in [2.24, 2.45) is 5.16 Å². The average molecular weight is 372 g/mol. The Morgan fingerprint density at radius 1 is 1.09 bits per heavy atom. The molecule has 1 N–H and O–H groups in total. The monoisotopic (exact) mass is 370 g/mol. The first kappa shape index (κ1) is 17.6. The van der Waals surface area contributed by atoms with Gasteiger partial charge >= 0.3 is 0 Å². The Labute approximate surface area is 149 Å². The van der Waals surface area contributed by atoms with Crippen LogP contribution in [-0.2, 0) is 16.2 Å². The van der Waals surface area contributed by atoms with Crippen molar-refractivity contribution in [2.45, 2.75) is 13.0 Å². The second-order valence-corrected chi connectivity index (χ2v) is 5.77. The van der Waals surface area contributed by atoms with Crippen LogP contribution >= 0.6 is 34.8 Å². The molecule has 0 spiro atoms. The minimum Gasteiger partial charge on any atom is -0.391 e. The van der Waals surface area contributed by atoms with Gasteiger partial charge in [0.05, 0.1) is 12.6 Å². The summed E-state index contributed by atoms with van der Waals surface area (Å²) in [6.07, 6.45) is 1.45. The fourth-order valence-corrected chi connectivity index (χ4v) is 2.32. The van der Waals surface area contributed by atoms with Crippen LogP contribution in [0, 0.1) is 0 Å². The molecule has 0 aromatic heterocycles. The number of hydrogen-bond donors (Lipinski definition) is 1. The molecule has 23 heavy (non-hydrogen) atoms. The van der Waals surface area contributed by atoms with Crippen molar-refractivity contribution >= 4 is 52.6 Å². The zero-order chi connectivity index (χ0) is 16.7. The van der Waals surface area contributed by atoms with Gasteiger partial charge in [0, 0.05) is 26.3 Å². The molecule has 0 fully saturated rings.